The van der Waals surface area contributed by atoms with Crippen molar-refractivity contribution in [2.24, 2.45) is 0 Å². The number of piperazine rings is 1. The van der Waals surface area contributed by atoms with Gasteiger partial charge in [0.1, 0.15) is 5.82 Å². The molecule has 1 aliphatic rings. The summed E-state index contributed by atoms with van der Waals surface area (Å²) in [6.45, 7) is 3.51. The normalized spacial score (nSPS) is 16.5. The summed E-state index contributed by atoms with van der Waals surface area (Å²) >= 11 is 1.68. The molecule has 29 heavy (non-hydrogen) atoms. The number of hydrogen-bond acceptors (Lipinski definition) is 6. The zero-order valence-corrected chi connectivity index (χ0v) is 18.2. The molecule has 0 bridgehead atoms. The van der Waals surface area contributed by atoms with Crippen molar-refractivity contribution in [3.8, 4) is 0 Å². The highest BCUT2D eigenvalue weighted by molar-refractivity contribution is 7.09. The van der Waals surface area contributed by atoms with Crippen molar-refractivity contribution in [1.29, 1.82) is 0 Å². The Balaban J connectivity index is 0.00000150. The van der Waals surface area contributed by atoms with Gasteiger partial charge in [-0.05, 0) is 23.1 Å². The van der Waals surface area contributed by atoms with Crippen LogP contribution in [0.4, 0.5) is 5.82 Å². The van der Waals surface area contributed by atoms with Gasteiger partial charge in [0, 0.05) is 49.0 Å². The van der Waals surface area contributed by atoms with Crippen LogP contribution in [0.5, 0.6) is 0 Å². The van der Waals surface area contributed by atoms with Crippen LogP contribution in [0, 0.1) is 0 Å². The number of carbonyl (C=O) groups excluding carboxylic acids is 1. The van der Waals surface area contributed by atoms with E-state index in [-0.39, 0.29) is 36.8 Å². The molecule has 0 radical (unpaired) electrons. The maximum Gasteiger partial charge on any atom is 0.239 e. The Morgan fingerprint density at radius 2 is 2.14 bits per heavy atom. The van der Waals surface area contributed by atoms with E-state index in [1.807, 2.05) is 34.5 Å². The molecular formula is C19H24Cl2N6OS. The van der Waals surface area contributed by atoms with Gasteiger partial charge in [-0.25, -0.2) is 4.68 Å². The van der Waals surface area contributed by atoms with Gasteiger partial charge in [-0.15, -0.1) is 36.2 Å². The smallest absolute Gasteiger partial charge is 0.239 e. The van der Waals surface area contributed by atoms with Crippen molar-refractivity contribution in [1.82, 2.24) is 25.0 Å². The van der Waals surface area contributed by atoms with E-state index in [0.29, 0.717) is 13.1 Å². The Morgan fingerprint density at radius 3 is 2.90 bits per heavy atom. The molecule has 1 fully saturated rings. The Hall–Kier alpha value is -1.97. The summed E-state index contributed by atoms with van der Waals surface area (Å²) in [6.07, 6.45) is 5.36. The Labute approximate surface area is 186 Å². The number of hydrogen-bond donors (Lipinski definition) is 2. The number of halogens is 2. The molecule has 1 atom stereocenters. The highest BCUT2D eigenvalue weighted by Crippen LogP contribution is 2.21. The van der Waals surface area contributed by atoms with Crippen LogP contribution in [-0.4, -0.2) is 51.8 Å². The maximum absolute atomic E-state index is 12.7. The van der Waals surface area contributed by atoms with Crippen LogP contribution >= 0.6 is 36.2 Å². The monoisotopic (exact) mass is 454 g/mol. The minimum absolute atomic E-state index is 0. The van der Waals surface area contributed by atoms with E-state index in [9.17, 15) is 4.79 Å². The number of carbonyl (C=O) groups is 1. The molecule has 1 unspecified atom stereocenters. The molecule has 7 nitrogen and oxygen atoms in total. The predicted octanol–water partition coefficient (Wildman–Crippen LogP) is 2.82. The molecule has 0 aliphatic carbocycles. The van der Waals surface area contributed by atoms with Gasteiger partial charge in [0.15, 0.2) is 0 Å². The van der Waals surface area contributed by atoms with Gasteiger partial charge in [0.25, 0.3) is 0 Å². The quantitative estimate of drug-likeness (QED) is 0.598. The molecule has 3 aromatic heterocycles. The molecule has 1 aliphatic heterocycles. The number of nitrogens with zero attached hydrogens (tertiary/aromatic N) is 4. The van der Waals surface area contributed by atoms with Gasteiger partial charge >= 0.3 is 0 Å². The second-order valence-corrected chi connectivity index (χ2v) is 7.51. The first-order valence-corrected chi connectivity index (χ1v) is 9.86. The Morgan fingerprint density at radius 1 is 1.24 bits per heavy atom. The van der Waals surface area contributed by atoms with E-state index in [4.69, 9.17) is 0 Å². The maximum atomic E-state index is 12.7. The Bertz CT molecular complexity index is 874. The Kier molecular flexibility index (Phi) is 9.06. The lowest BCUT2D eigenvalue weighted by Crippen LogP contribution is -2.48. The number of thiophene rings is 1. The minimum atomic E-state index is -0.0290. The first kappa shape index (κ1) is 23.3. The zero-order chi connectivity index (χ0) is 18.5. The lowest BCUT2D eigenvalue weighted by atomic mass is 10.1. The van der Waals surface area contributed by atoms with Crippen LogP contribution in [0.1, 0.15) is 16.5 Å². The molecule has 156 valence electrons. The summed E-state index contributed by atoms with van der Waals surface area (Å²) in [6, 6.07) is 10.1. The summed E-state index contributed by atoms with van der Waals surface area (Å²) in [5.41, 5.74) is 1.13. The number of amides is 1. The van der Waals surface area contributed by atoms with Crippen molar-refractivity contribution >= 4 is 47.9 Å². The standard InChI is InChI=1S/C19H22N6OS.2ClH/c26-19(23-18-5-7-22-25(18)13-16-4-2-10-27-16)14-24-9-8-21-12-17(24)15-3-1-6-20-11-15;;/h1-7,10-11,17,21H,8-9,12-14H2,(H,23,26);2*1H. The van der Waals surface area contributed by atoms with Crippen molar-refractivity contribution in [2.45, 2.75) is 12.6 Å². The molecule has 1 amide bonds. The zero-order valence-electron chi connectivity index (χ0n) is 15.7. The van der Waals surface area contributed by atoms with E-state index >= 15 is 0 Å². The highest BCUT2D eigenvalue weighted by Gasteiger charge is 2.25. The predicted molar refractivity (Wildman–Crippen MR) is 120 cm³/mol. The molecule has 4 heterocycles. The summed E-state index contributed by atoms with van der Waals surface area (Å²) in [5.74, 6) is 0.695. The number of rotatable bonds is 6. The average Bonchev–Trinajstić information content (AvgIpc) is 3.36. The third kappa shape index (κ3) is 6.01. The first-order valence-electron chi connectivity index (χ1n) is 8.98. The minimum Gasteiger partial charge on any atom is -0.314 e. The molecule has 2 N–H and O–H groups in total. The van der Waals surface area contributed by atoms with Gasteiger partial charge in [-0.3, -0.25) is 14.7 Å². The molecule has 0 aromatic carbocycles. The van der Waals surface area contributed by atoms with Crippen LogP contribution < -0.4 is 10.6 Å². The van der Waals surface area contributed by atoms with E-state index in [0.717, 1.165) is 31.0 Å². The lowest BCUT2D eigenvalue weighted by molar-refractivity contribution is -0.118. The lowest BCUT2D eigenvalue weighted by Gasteiger charge is -2.35. The van der Waals surface area contributed by atoms with E-state index < -0.39 is 0 Å². The van der Waals surface area contributed by atoms with Crippen molar-refractivity contribution in [2.75, 3.05) is 31.5 Å². The third-order valence-electron chi connectivity index (χ3n) is 4.64. The summed E-state index contributed by atoms with van der Waals surface area (Å²) in [7, 11) is 0. The van der Waals surface area contributed by atoms with E-state index in [1.165, 1.54) is 4.88 Å². The van der Waals surface area contributed by atoms with Gasteiger partial charge in [-0.1, -0.05) is 12.1 Å². The van der Waals surface area contributed by atoms with Gasteiger partial charge in [-0.2, -0.15) is 5.10 Å². The average molecular weight is 455 g/mol. The number of pyridine rings is 1. The highest BCUT2D eigenvalue weighted by atomic mass is 35.5. The number of aromatic nitrogens is 3. The fraction of sp³-hybridized carbons (Fsp3) is 0.316. The molecule has 3 aromatic rings. The largest absolute Gasteiger partial charge is 0.314 e. The van der Waals surface area contributed by atoms with Crippen LogP contribution in [0.3, 0.4) is 0 Å². The molecule has 1 saturated heterocycles. The fourth-order valence-electron chi connectivity index (χ4n) is 3.32. The SMILES string of the molecule is Cl.Cl.O=C(CN1CCNCC1c1cccnc1)Nc1ccnn1Cc1cccs1. The molecule has 0 saturated carbocycles. The van der Waals surface area contributed by atoms with Crippen LogP contribution in [0.15, 0.2) is 54.3 Å². The van der Waals surface area contributed by atoms with E-state index in [2.05, 4.69) is 37.7 Å². The second-order valence-electron chi connectivity index (χ2n) is 6.48. The van der Waals surface area contributed by atoms with Crippen molar-refractivity contribution in [3.05, 3.63) is 64.7 Å². The third-order valence-corrected chi connectivity index (χ3v) is 5.50. The second kappa shape index (κ2) is 11.3. The topological polar surface area (TPSA) is 75.1 Å². The van der Waals surface area contributed by atoms with Crippen LogP contribution in [-0.2, 0) is 11.3 Å². The van der Waals surface area contributed by atoms with Crippen molar-refractivity contribution in [3.63, 3.8) is 0 Å². The van der Waals surface area contributed by atoms with Gasteiger partial charge in [0.05, 0.1) is 19.3 Å². The van der Waals surface area contributed by atoms with Crippen molar-refractivity contribution < 1.29 is 4.79 Å². The first-order chi connectivity index (χ1) is 13.3. The summed E-state index contributed by atoms with van der Waals surface area (Å²) < 4.78 is 1.82. The van der Waals surface area contributed by atoms with Crippen LogP contribution in [0.2, 0.25) is 0 Å². The molecule has 10 heteroatoms. The summed E-state index contributed by atoms with van der Waals surface area (Å²) in [5, 5.41) is 12.8. The van der Waals surface area contributed by atoms with E-state index in [1.54, 1.807) is 23.7 Å². The number of anilines is 1. The molecule has 4 rings (SSSR count). The van der Waals surface area contributed by atoms with Crippen LogP contribution in [0.25, 0.3) is 0 Å². The van der Waals surface area contributed by atoms with Gasteiger partial charge in [0.2, 0.25) is 5.91 Å². The summed E-state index contributed by atoms with van der Waals surface area (Å²) in [4.78, 5) is 20.3. The van der Waals surface area contributed by atoms with Gasteiger partial charge < -0.3 is 10.6 Å². The fourth-order valence-corrected chi connectivity index (χ4v) is 4.01. The number of nitrogens with one attached hydrogen (secondary N) is 2. The molecular weight excluding hydrogens is 431 g/mol. The molecule has 0 spiro atoms.